The summed E-state index contributed by atoms with van der Waals surface area (Å²) in [6, 6.07) is 2.09. The lowest BCUT2D eigenvalue weighted by atomic mass is 9.96. The Morgan fingerprint density at radius 3 is 2.82 bits per heavy atom. The van der Waals surface area contributed by atoms with Gasteiger partial charge in [-0.05, 0) is 31.4 Å². The Kier molecular flexibility index (Phi) is 5.83. The van der Waals surface area contributed by atoms with Gasteiger partial charge in [0.1, 0.15) is 0 Å². The number of ether oxygens (including phenoxy) is 1. The third-order valence-electron chi connectivity index (χ3n) is 3.99. The van der Waals surface area contributed by atoms with Crippen molar-refractivity contribution in [2.45, 2.75) is 39.8 Å². The summed E-state index contributed by atoms with van der Waals surface area (Å²) in [5.74, 6) is 0.311. The predicted octanol–water partition coefficient (Wildman–Crippen LogP) is 2.46. The molecule has 0 unspecified atom stereocenters. The van der Waals surface area contributed by atoms with E-state index in [0.29, 0.717) is 25.6 Å². The number of amides is 2. The summed E-state index contributed by atoms with van der Waals surface area (Å²) in [7, 11) is 0. The van der Waals surface area contributed by atoms with Gasteiger partial charge in [0.25, 0.3) is 0 Å². The van der Waals surface area contributed by atoms with E-state index in [1.807, 2.05) is 0 Å². The highest BCUT2D eigenvalue weighted by atomic mass is 32.1. The fraction of sp³-hybridized carbons (Fsp3) is 0.688. The lowest BCUT2D eigenvalue weighted by molar-refractivity contribution is -0.0406. The molecule has 6 heteroatoms. The van der Waals surface area contributed by atoms with E-state index in [2.05, 4.69) is 39.1 Å². The van der Waals surface area contributed by atoms with E-state index in [1.165, 1.54) is 15.3 Å². The molecule has 0 aromatic carbocycles. The molecule has 0 radical (unpaired) electrons. The van der Waals surface area contributed by atoms with E-state index < -0.39 is 0 Å². The van der Waals surface area contributed by atoms with Crippen LogP contribution in [0.15, 0.2) is 6.07 Å². The number of nitrogens with zero attached hydrogens (tertiary/aromatic N) is 1. The first kappa shape index (κ1) is 17.2. The van der Waals surface area contributed by atoms with Crippen LogP contribution in [0.5, 0.6) is 0 Å². The number of hydrogen-bond donors (Lipinski definition) is 2. The topological polar surface area (TPSA) is 61.8 Å². The Labute approximate surface area is 136 Å². The Bertz CT molecular complexity index is 515. The van der Waals surface area contributed by atoms with Crippen LogP contribution >= 0.6 is 11.3 Å². The maximum absolute atomic E-state index is 12.5. The van der Waals surface area contributed by atoms with Crippen molar-refractivity contribution in [3.8, 4) is 0 Å². The Morgan fingerprint density at radius 2 is 2.27 bits per heavy atom. The first-order valence-electron chi connectivity index (χ1n) is 7.77. The highest BCUT2D eigenvalue weighted by molar-refractivity contribution is 7.12. The molecule has 1 saturated heterocycles. The van der Waals surface area contributed by atoms with Crippen LogP contribution in [-0.4, -0.2) is 48.4 Å². The fourth-order valence-corrected chi connectivity index (χ4v) is 3.77. The average molecular weight is 326 g/mol. The summed E-state index contributed by atoms with van der Waals surface area (Å²) in [6.07, 6.45) is -0.276. The number of carbonyl (C=O) groups excluding carboxylic acids is 1. The first-order chi connectivity index (χ1) is 10.4. The number of rotatable bonds is 4. The van der Waals surface area contributed by atoms with Gasteiger partial charge in [0.15, 0.2) is 0 Å². The predicted molar refractivity (Wildman–Crippen MR) is 88.3 cm³/mol. The Balaban J connectivity index is 2.08. The van der Waals surface area contributed by atoms with Crippen LogP contribution in [0.1, 0.15) is 35.2 Å². The Hall–Kier alpha value is -1.11. The fourth-order valence-electron chi connectivity index (χ4n) is 2.80. The highest BCUT2D eigenvalue weighted by Gasteiger charge is 2.27. The van der Waals surface area contributed by atoms with Crippen molar-refractivity contribution >= 4 is 17.4 Å². The minimum atomic E-state index is -0.276. The third-order valence-corrected chi connectivity index (χ3v) is 4.97. The zero-order valence-corrected chi connectivity index (χ0v) is 14.6. The van der Waals surface area contributed by atoms with Crippen LogP contribution in [0.25, 0.3) is 0 Å². The highest BCUT2D eigenvalue weighted by Crippen LogP contribution is 2.30. The van der Waals surface area contributed by atoms with E-state index in [4.69, 9.17) is 4.74 Å². The summed E-state index contributed by atoms with van der Waals surface area (Å²) >= 11 is 1.76. The van der Waals surface area contributed by atoms with Crippen molar-refractivity contribution in [2.24, 2.45) is 5.92 Å². The zero-order valence-electron chi connectivity index (χ0n) is 13.8. The smallest absolute Gasteiger partial charge is 0.318 e. The SMILES string of the molecule is Cc1cc([C@H](NC(=O)N2CCO[C@H](CO)C2)C(C)C)c(C)s1. The molecule has 124 valence electrons. The molecular formula is C16H26N2O3S. The molecule has 5 nitrogen and oxygen atoms in total. The summed E-state index contributed by atoms with van der Waals surface area (Å²) < 4.78 is 5.40. The maximum atomic E-state index is 12.5. The standard InChI is InChI=1S/C16H26N2O3S/c1-10(2)15(14-7-11(3)22-12(14)4)17-16(20)18-5-6-21-13(8-18)9-19/h7,10,13,15,19H,5-6,8-9H2,1-4H3,(H,17,20)/t13-,15+/m0/s1. The van der Waals surface area contributed by atoms with Gasteiger partial charge in [0.2, 0.25) is 0 Å². The van der Waals surface area contributed by atoms with E-state index in [9.17, 15) is 9.90 Å². The second-order valence-corrected chi connectivity index (χ2v) is 7.62. The quantitative estimate of drug-likeness (QED) is 0.893. The maximum Gasteiger partial charge on any atom is 0.318 e. The number of carbonyl (C=O) groups is 1. The van der Waals surface area contributed by atoms with Crippen LogP contribution in [-0.2, 0) is 4.74 Å². The van der Waals surface area contributed by atoms with E-state index >= 15 is 0 Å². The van der Waals surface area contributed by atoms with Gasteiger partial charge >= 0.3 is 6.03 Å². The molecule has 2 rings (SSSR count). The number of aryl methyl sites for hydroxylation is 2. The number of aliphatic hydroxyl groups is 1. The molecule has 22 heavy (non-hydrogen) atoms. The van der Waals surface area contributed by atoms with Crippen LogP contribution < -0.4 is 5.32 Å². The molecule has 2 N–H and O–H groups in total. The molecule has 0 spiro atoms. The normalized spacial score (nSPS) is 20.3. The van der Waals surface area contributed by atoms with Gasteiger partial charge in [-0.25, -0.2) is 4.79 Å². The summed E-state index contributed by atoms with van der Waals surface area (Å²) in [5.41, 5.74) is 1.21. The van der Waals surface area contributed by atoms with E-state index in [1.54, 1.807) is 16.2 Å². The largest absolute Gasteiger partial charge is 0.394 e. The second kappa shape index (κ2) is 7.44. The van der Waals surface area contributed by atoms with Crippen LogP contribution in [0.2, 0.25) is 0 Å². The number of thiophene rings is 1. The van der Waals surface area contributed by atoms with Crippen LogP contribution in [0.4, 0.5) is 4.79 Å². The molecule has 0 aliphatic carbocycles. The molecule has 2 heterocycles. The summed E-state index contributed by atoms with van der Waals surface area (Å²) in [4.78, 5) is 16.8. The minimum Gasteiger partial charge on any atom is -0.394 e. The zero-order chi connectivity index (χ0) is 16.3. The molecule has 1 aliphatic rings. The number of hydrogen-bond acceptors (Lipinski definition) is 4. The molecule has 2 amide bonds. The molecule has 1 fully saturated rings. The lowest BCUT2D eigenvalue weighted by Crippen LogP contribution is -2.51. The van der Waals surface area contributed by atoms with Gasteiger partial charge in [-0.2, -0.15) is 0 Å². The first-order valence-corrected chi connectivity index (χ1v) is 8.58. The van der Waals surface area contributed by atoms with Gasteiger partial charge in [-0.1, -0.05) is 13.8 Å². The molecule has 1 aromatic rings. The van der Waals surface area contributed by atoms with Crippen molar-refractivity contribution in [1.82, 2.24) is 10.2 Å². The molecule has 2 atom stereocenters. The molecule has 0 saturated carbocycles. The van der Waals surface area contributed by atoms with Crippen LogP contribution in [0.3, 0.4) is 0 Å². The van der Waals surface area contributed by atoms with E-state index in [-0.39, 0.29) is 24.8 Å². The minimum absolute atomic E-state index is 0.00729. The van der Waals surface area contributed by atoms with Crippen molar-refractivity contribution in [2.75, 3.05) is 26.3 Å². The average Bonchev–Trinajstić information content (AvgIpc) is 2.82. The van der Waals surface area contributed by atoms with Crippen molar-refractivity contribution < 1.29 is 14.6 Å². The molecular weight excluding hydrogens is 300 g/mol. The number of morpholine rings is 1. The Morgan fingerprint density at radius 1 is 1.55 bits per heavy atom. The van der Waals surface area contributed by atoms with Gasteiger partial charge in [0.05, 0.1) is 31.9 Å². The molecule has 1 aliphatic heterocycles. The van der Waals surface area contributed by atoms with Crippen molar-refractivity contribution in [1.29, 1.82) is 0 Å². The van der Waals surface area contributed by atoms with Crippen LogP contribution in [0, 0.1) is 19.8 Å². The van der Waals surface area contributed by atoms with Crippen molar-refractivity contribution in [3.63, 3.8) is 0 Å². The number of urea groups is 1. The van der Waals surface area contributed by atoms with E-state index in [0.717, 1.165) is 0 Å². The van der Waals surface area contributed by atoms with Crippen molar-refractivity contribution in [3.05, 3.63) is 21.4 Å². The van der Waals surface area contributed by atoms with Gasteiger partial charge in [-0.15, -0.1) is 11.3 Å². The summed E-state index contributed by atoms with van der Waals surface area (Å²) in [6.45, 7) is 9.85. The molecule has 1 aromatic heterocycles. The van der Waals surface area contributed by atoms with Gasteiger partial charge in [0, 0.05) is 16.3 Å². The molecule has 0 bridgehead atoms. The summed E-state index contributed by atoms with van der Waals surface area (Å²) in [5, 5.41) is 12.4. The van der Waals surface area contributed by atoms with Gasteiger partial charge in [-0.3, -0.25) is 0 Å². The lowest BCUT2D eigenvalue weighted by Gasteiger charge is -2.34. The monoisotopic (exact) mass is 326 g/mol. The van der Waals surface area contributed by atoms with Gasteiger partial charge < -0.3 is 20.1 Å². The second-order valence-electron chi connectivity index (χ2n) is 6.16. The third kappa shape index (κ3) is 4.00. The number of nitrogens with one attached hydrogen (secondary N) is 1. The number of aliphatic hydroxyl groups excluding tert-OH is 1.